The van der Waals surface area contributed by atoms with Gasteiger partial charge in [0, 0.05) is 45.8 Å². The van der Waals surface area contributed by atoms with Gasteiger partial charge < -0.3 is 19.1 Å². The molecule has 0 amide bonds. The highest BCUT2D eigenvalue weighted by Crippen LogP contribution is 2.43. The zero-order chi connectivity index (χ0) is 23.0. The molecule has 0 aliphatic carbocycles. The summed E-state index contributed by atoms with van der Waals surface area (Å²) in [5, 5.41) is 16.0. The van der Waals surface area contributed by atoms with Gasteiger partial charge in [-0.2, -0.15) is 5.10 Å². The average molecular weight is 460 g/mol. The monoisotopic (exact) mass is 459 g/mol. The van der Waals surface area contributed by atoms with E-state index in [0.717, 1.165) is 53.5 Å². The number of nitrogens with zero attached hydrogens (tertiary/aromatic N) is 3. The molecule has 0 radical (unpaired) electrons. The summed E-state index contributed by atoms with van der Waals surface area (Å²) >= 11 is 6.74. The quantitative estimate of drug-likeness (QED) is 0.565. The van der Waals surface area contributed by atoms with Crippen molar-refractivity contribution in [2.75, 3.05) is 14.2 Å². The van der Waals surface area contributed by atoms with E-state index in [4.69, 9.17) is 21.1 Å². The Morgan fingerprint density at radius 2 is 1.97 bits per heavy atom. The fourth-order valence-electron chi connectivity index (χ4n) is 4.70. The van der Waals surface area contributed by atoms with Gasteiger partial charge in [0.2, 0.25) is 0 Å². The molecule has 2 aromatic heterocycles. The average Bonchev–Trinajstić information content (AvgIpc) is 3.32. The van der Waals surface area contributed by atoms with E-state index >= 15 is 0 Å². The van der Waals surface area contributed by atoms with Crippen molar-refractivity contribution in [3.8, 4) is 11.1 Å². The standard InChI is InChI=1S/C23H26ClN3O5/c1-13-19-16(26(11-9-18(29)31-2)22(13)23(30)32-3)8-7-14(24)20(19)21-15(12-28)25-27-10-5-4-6-17(21)27/h7-8,28H,4-6,9-12H2,1-3H3. The second-order valence-corrected chi connectivity index (χ2v) is 8.27. The zero-order valence-corrected chi connectivity index (χ0v) is 19.2. The summed E-state index contributed by atoms with van der Waals surface area (Å²) in [6, 6.07) is 3.62. The molecule has 1 aliphatic rings. The van der Waals surface area contributed by atoms with Crippen molar-refractivity contribution in [3.63, 3.8) is 0 Å². The molecule has 4 rings (SSSR count). The van der Waals surface area contributed by atoms with Gasteiger partial charge >= 0.3 is 11.9 Å². The number of fused-ring (bicyclic) bond motifs is 2. The van der Waals surface area contributed by atoms with Gasteiger partial charge in [-0.1, -0.05) is 11.6 Å². The molecular weight excluding hydrogens is 434 g/mol. The number of rotatable bonds is 6. The summed E-state index contributed by atoms with van der Waals surface area (Å²) < 4.78 is 13.6. The van der Waals surface area contributed by atoms with E-state index in [1.54, 1.807) is 10.6 Å². The zero-order valence-electron chi connectivity index (χ0n) is 18.4. The summed E-state index contributed by atoms with van der Waals surface area (Å²) in [4.78, 5) is 24.5. The van der Waals surface area contributed by atoms with E-state index < -0.39 is 5.97 Å². The topological polar surface area (TPSA) is 95.6 Å². The van der Waals surface area contributed by atoms with Crippen LogP contribution in [0.4, 0.5) is 0 Å². The number of hydrogen-bond acceptors (Lipinski definition) is 6. The number of carbonyl (C=O) groups is 2. The molecule has 1 aromatic carbocycles. The Morgan fingerprint density at radius 3 is 2.66 bits per heavy atom. The molecule has 1 N–H and O–H groups in total. The lowest BCUT2D eigenvalue weighted by Gasteiger charge is -2.16. The Kier molecular flexibility index (Phi) is 6.26. The minimum Gasteiger partial charge on any atom is -0.469 e. The summed E-state index contributed by atoms with van der Waals surface area (Å²) in [7, 11) is 2.66. The van der Waals surface area contributed by atoms with E-state index in [1.165, 1.54) is 14.2 Å². The van der Waals surface area contributed by atoms with Crippen LogP contribution in [0.15, 0.2) is 12.1 Å². The maximum Gasteiger partial charge on any atom is 0.354 e. The van der Waals surface area contributed by atoms with Gasteiger partial charge in [0.15, 0.2) is 0 Å². The molecule has 3 aromatic rings. The number of benzene rings is 1. The molecule has 0 saturated carbocycles. The van der Waals surface area contributed by atoms with Crippen LogP contribution in [0.1, 0.15) is 46.7 Å². The summed E-state index contributed by atoms with van der Waals surface area (Å²) in [5.74, 6) is -0.868. The highest BCUT2D eigenvalue weighted by Gasteiger charge is 2.29. The molecule has 0 spiro atoms. The number of aliphatic hydroxyl groups is 1. The van der Waals surface area contributed by atoms with E-state index in [0.29, 0.717) is 22.0 Å². The van der Waals surface area contributed by atoms with Gasteiger partial charge in [-0.05, 0) is 43.9 Å². The van der Waals surface area contributed by atoms with Crippen LogP contribution in [0.25, 0.3) is 22.0 Å². The minimum atomic E-state index is -0.495. The lowest BCUT2D eigenvalue weighted by Crippen LogP contribution is -2.14. The maximum absolute atomic E-state index is 12.7. The predicted molar refractivity (Wildman–Crippen MR) is 120 cm³/mol. The Hall–Kier alpha value is -2.84. The fourth-order valence-corrected chi connectivity index (χ4v) is 4.95. The highest BCUT2D eigenvalue weighted by atomic mass is 35.5. The molecule has 32 heavy (non-hydrogen) atoms. The number of carbonyl (C=O) groups excluding carboxylic acids is 2. The number of aliphatic hydroxyl groups excluding tert-OH is 1. The van der Waals surface area contributed by atoms with E-state index in [1.807, 2.05) is 17.7 Å². The van der Waals surface area contributed by atoms with Crippen LogP contribution >= 0.6 is 11.6 Å². The number of hydrogen-bond donors (Lipinski definition) is 1. The van der Waals surface area contributed by atoms with Crippen molar-refractivity contribution in [1.29, 1.82) is 0 Å². The number of methoxy groups -OCH3 is 2. The first-order valence-electron chi connectivity index (χ1n) is 10.6. The van der Waals surface area contributed by atoms with Crippen LogP contribution in [0.2, 0.25) is 5.02 Å². The molecule has 9 heteroatoms. The predicted octanol–water partition coefficient (Wildman–Crippen LogP) is 3.64. The van der Waals surface area contributed by atoms with Gasteiger partial charge in [0.1, 0.15) is 5.69 Å². The third-order valence-corrected chi connectivity index (χ3v) is 6.45. The third kappa shape index (κ3) is 3.57. The lowest BCUT2D eigenvalue weighted by molar-refractivity contribution is -0.140. The van der Waals surface area contributed by atoms with Crippen LogP contribution in [0.3, 0.4) is 0 Å². The second kappa shape index (κ2) is 8.96. The van der Waals surface area contributed by atoms with Gasteiger partial charge in [0.25, 0.3) is 0 Å². The molecular formula is C23H26ClN3O5. The van der Waals surface area contributed by atoms with Crippen LogP contribution in [0, 0.1) is 6.92 Å². The van der Waals surface area contributed by atoms with Crippen LogP contribution in [0.5, 0.6) is 0 Å². The molecule has 0 saturated heterocycles. The molecule has 170 valence electrons. The summed E-state index contributed by atoms with van der Waals surface area (Å²) in [5.41, 5.74) is 5.00. The van der Waals surface area contributed by atoms with Crippen molar-refractivity contribution < 1.29 is 24.2 Å². The molecule has 1 aliphatic heterocycles. The maximum atomic E-state index is 12.7. The first-order valence-corrected chi connectivity index (χ1v) is 11.0. The normalized spacial score (nSPS) is 13.3. The van der Waals surface area contributed by atoms with E-state index in [9.17, 15) is 14.7 Å². The molecule has 0 fully saturated rings. The van der Waals surface area contributed by atoms with Crippen molar-refractivity contribution in [2.24, 2.45) is 0 Å². The third-order valence-electron chi connectivity index (χ3n) is 6.13. The molecule has 0 bridgehead atoms. The minimum absolute atomic E-state index is 0.104. The molecule has 8 nitrogen and oxygen atoms in total. The van der Waals surface area contributed by atoms with Gasteiger partial charge in [0.05, 0.1) is 32.9 Å². The highest BCUT2D eigenvalue weighted by molar-refractivity contribution is 6.35. The first kappa shape index (κ1) is 22.4. The van der Waals surface area contributed by atoms with Crippen molar-refractivity contribution in [3.05, 3.63) is 39.8 Å². The summed E-state index contributed by atoms with van der Waals surface area (Å²) in [6.45, 7) is 2.68. The number of aryl methyl sites for hydroxylation is 3. The van der Waals surface area contributed by atoms with Crippen molar-refractivity contribution >= 4 is 34.4 Å². The summed E-state index contributed by atoms with van der Waals surface area (Å²) in [6.07, 6.45) is 3.00. The number of esters is 2. The Labute approximate surface area is 190 Å². The Bertz CT molecular complexity index is 1210. The second-order valence-electron chi connectivity index (χ2n) is 7.87. The van der Waals surface area contributed by atoms with Gasteiger partial charge in [-0.3, -0.25) is 9.48 Å². The van der Waals surface area contributed by atoms with Crippen LogP contribution in [-0.4, -0.2) is 45.6 Å². The largest absolute Gasteiger partial charge is 0.469 e. The number of halogens is 1. The van der Waals surface area contributed by atoms with Crippen molar-refractivity contribution in [1.82, 2.24) is 14.3 Å². The van der Waals surface area contributed by atoms with Crippen molar-refractivity contribution in [2.45, 2.75) is 52.3 Å². The van der Waals surface area contributed by atoms with Gasteiger partial charge in [-0.25, -0.2) is 4.79 Å². The van der Waals surface area contributed by atoms with Crippen LogP contribution in [-0.2, 0) is 40.4 Å². The van der Waals surface area contributed by atoms with Crippen LogP contribution < -0.4 is 0 Å². The molecule has 0 atom stereocenters. The Balaban J connectivity index is 2.03. The number of ether oxygens (including phenoxy) is 2. The SMILES string of the molecule is COC(=O)CCn1c(C(=O)OC)c(C)c2c(-c3c(CO)nn4c3CCCC4)c(Cl)ccc21. The first-order chi connectivity index (χ1) is 15.4. The molecule has 0 unspecified atom stereocenters. The Morgan fingerprint density at radius 1 is 1.19 bits per heavy atom. The lowest BCUT2D eigenvalue weighted by atomic mass is 9.94. The van der Waals surface area contributed by atoms with E-state index in [-0.39, 0.29) is 25.5 Å². The van der Waals surface area contributed by atoms with E-state index in [2.05, 4.69) is 5.10 Å². The fraction of sp³-hybridized carbons (Fsp3) is 0.435. The van der Waals surface area contributed by atoms with Gasteiger partial charge in [-0.15, -0.1) is 0 Å². The molecule has 3 heterocycles. The smallest absolute Gasteiger partial charge is 0.354 e. The number of aromatic nitrogens is 3.